The van der Waals surface area contributed by atoms with Crippen molar-refractivity contribution in [1.82, 2.24) is 20.0 Å². The Bertz CT molecular complexity index is 902. The molecule has 2 aromatic rings. The SMILES string of the molecule is CN(C)C(=O)c1ccc(C#CCNC(=O)c2ccc(=O)n(C)n2)cc1. The Morgan fingerprint density at radius 2 is 1.84 bits per heavy atom. The van der Waals surface area contributed by atoms with Gasteiger partial charge in [-0.3, -0.25) is 14.4 Å². The van der Waals surface area contributed by atoms with Gasteiger partial charge in [0.2, 0.25) is 0 Å². The summed E-state index contributed by atoms with van der Waals surface area (Å²) in [5.74, 6) is 5.25. The molecule has 0 bridgehead atoms. The van der Waals surface area contributed by atoms with Crippen LogP contribution < -0.4 is 10.9 Å². The van der Waals surface area contributed by atoms with Crippen LogP contribution in [0.3, 0.4) is 0 Å². The van der Waals surface area contributed by atoms with E-state index in [0.717, 1.165) is 10.2 Å². The molecule has 0 aliphatic heterocycles. The molecule has 1 aromatic carbocycles. The number of aromatic nitrogens is 2. The van der Waals surface area contributed by atoms with E-state index in [9.17, 15) is 14.4 Å². The van der Waals surface area contributed by atoms with Gasteiger partial charge in [0.05, 0.1) is 6.54 Å². The van der Waals surface area contributed by atoms with Crippen molar-refractivity contribution in [3.8, 4) is 11.8 Å². The van der Waals surface area contributed by atoms with E-state index in [2.05, 4.69) is 22.3 Å². The first-order chi connectivity index (χ1) is 11.9. The van der Waals surface area contributed by atoms with Crippen molar-refractivity contribution in [3.05, 3.63) is 63.6 Å². The minimum absolute atomic E-state index is 0.0727. The molecule has 1 heterocycles. The van der Waals surface area contributed by atoms with Crippen molar-refractivity contribution < 1.29 is 9.59 Å². The molecule has 0 aliphatic carbocycles. The first kappa shape index (κ1) is 17.9. The summed E-state index contributed by atoms with van der Waals surface area (Å²) >= 11 is 0. The number of benzene rings is 1. The highest BCUT2D eigenvalue weighted by atomic mass is 16.2. The van der Waals surface area contributed by atoms with Crippen LogP contribution in [0.4, 0.5) is 0 Å². The monoisotopic (exact) mass is 338 g/mol. The number of hydrogen-bond donors (Lipinski definition) is 1. The van der Waals surface area contributed by atoms with Crippen LogP contribution in [-0.4, -0.2) is 47.1 Å². The maximum Gasteiger partial charge on any atom is 0.272 e. The maximum atomic E-state index is 11.9. The number of hydrogen-bond acceptors (Lipinski definition) is 4. The number of rotatable bonds is 3. The van der Waals surface area contributed by atoms with Crippen molar-refractivity contribution in [1.29, 1.82) is 0 Å². The van der Waals surface area contributed by atoms with Gasteiger partial charge in [0.1, 0.15) is 5.69 Å². The molecular formula is C18H18N4O3. The summed E-state index contributed by atoms with van der Waals surface area (Å²) < 4.78 is 1.09. The Balaban J connectivity index is 1.94. The molecule has 2 rings (SSSR count). The van der Waals surface area contributed by atoms with Crippen LogP contribution >= 0.6 is 0 Å². The molecule has 0 spiro atoms. The number of nitrogens with zero attached hydrogens (tertiary/aromatic N) is 3. The standard InChI is InChI=1S/C18H18N4O3/c1-21(2)18(25)14-8-6-13(7-9-14)5-4-12-19-17(24)15-10-11-16(23)22(3)20-15/h6-11H,12H2,1-3H3,(H,19,24). The van der Waals surface area contributed by atoms with E-state index in [-0.39, 0.29) is 23.7 Å². The van der Waals surface area contributed by atoms with E-state index in [1.54, 1.807) is 38.4 Å². The summed E-state index contributed by atoms with van der Waals surface area (Å²) in [5.41, 5.74) is 1.19. The van der Waals surface area contributed by atoms with Crippen LogP contribution in [-0.2, 0) is 7.05 Å². The molecular weight excluding hydrogens is 320 g/mol. The fourth-order valence-corrected chi connectivity index (χ4v) is 1.94. The largest absolute Gasteiger partial charge is 0.345 e. The van der Waals surface area contributed by atoms with Crippen molar-refractivity contribution in [2.24, 2.45) is 7.05 Å². The average Bonchev–Trinajstić information content (AvgIpc) is 2.60. The third kappa shape index (κ3) is 4.78. The van der Waals surface area contributed by atoms with Crippen molar-refractivity contribution in [2.45, 2.75) is 0 Å². The van der Waals surface area contributed by atoms with Gasteiger partial charge in [-0.1, -0.05) is 11.8 Å². The molecule has 25 heavy (non-hydrogen) atoms. The second kappa shape index (κ2) is 7.93. The van der Waals surface area contributed by atoms with Crippen LogP contribution in [0, 0.1) is 11.8 Å². The highest BCUT2D eigenvalue weighted by Crippen LogP contribution is 2.05. The number of amides is 2. The minimum atomic E-state index is -0.406. The molecule has 1 aromatic heterocycles. The van der Waals surface area contributed by atoms with Crippen LogP contribution in [0.2, 0.25) is 0 Å². The zero-order valence-corrected chi connectivity index (χ0v) is 14.2. The van der Waals surface area contributed by atoms with E-state index < -0.39 is 5.91 Å². The molecule has 0 fully saturated rings. The van der Waals surface area contributed by atoms with Gasteiger partial charge in [-0.25, -0.2) is 4.68 Å². The molecule has 0 saturated carbocycles. The Labute approximate surface area is 145 Å². The van der Waals surface area contributed by atoms with Gasteiger partial charge in [0, 0.05) is 38.3 Å². The van der Waals surface area contributed by atoms with Gasteiger partial charge in [-0.15, -0.1) is 0 Å². The molecule has 0 radical (unpaired) electrons. The van der Waals surface area contributed by atoms with Crippen LogP contribution in [0.5, 0.6) is 0 Å². The molecule has 1 N–H and O–H groups in total. The fraction of sp³-hybridized carbons (Fsp3) is 0.222. The van der Waals surface area contributed by atoms with Crippen LogP contribution in [0.15, 0.2) is 41.2 Å². The average molecular weight is 338 g/mol. The molecule has 0 unspecified atom stereocenters. The smallest absolute Gasteiger partial charge is 0.272 e. The van der Waals surface area contributed by atoms with Crippen LogP contribution in [0.25, 0.3) is 0 Å². The lowest BCUT2D eigenvalue weighted by atomic mass is 10.1. The highest BCUT2D eigenvalue weighted by molar-refractivity contribution is 5.94. The first-order valence-electron chi connectivity index (χ1n) is 7.51. The molecule has 0 aliphatic rings. The Kier molecular flexibility index (Phi) is 5.69. The Morgan fingerprint density at radius 1 is 1.16 bits per heavy atom. The summed E-state index contributed by atoms with van der Waals surface area (Å²) in [4.78, 5) is 36.4. The lowest BCUT2D eigenvalue weighted by molar-refractivity contribution is 0.0827. The number of aryl methyl sites for hydroxylation is 1. The second-order valence-corrected chi connectivity index (χ2v) is 5.44. The van der Waals surface area contributed by atoms with E-state index in [1.165, 1.54) is 24.1 Å². The van der Waals surface area contributed by atoms with E-state index in [4.69, 9.17) is 0 Å². The predicted molar refractivity (Wildman–Crippen MR) is 93.1 cm³/mol. The quantitative estimate of drug-likeness (QED) is 0.814. The number of carbonyl (C=O) groups excluding carboxylic acids is 2. The van der Waals surface area contributed by atoms with Crippen molar-refractivity contribution >= 4 is 11.8 Å². The molecule has 0 saturated heterocycles. The molecule has 0 atom stereocenters. The summed E-state index contributed by atoms with van der Waals surface area (Å²) in [5, 5.41) is 6.47. The van der Waals surface area contributed by atoms with Crippen LogP contribution in [0.1, 0.15) is 26.4 Å². The predicted octanol–water partition coefficient (Wildman–Crippen LogP) is 0.264. The van der Waals surface area contributed by atoms with Gasteiger partial charge in [0.15, 0.2) is 0 Å². The lowest BCUT2D eigenvalue weighted by Gasteiger charge is -2.09. The van der Waals surface area contributed by atoms with E-state index in [0.29, 0.717) is 5.56 Å². The molecule has 128 valence electrons. The van der Waals surface area contributed by atoms with Crippen molar-refractivity contribution in [2.75, 3.05) is 20.6 Å². The van der Waals surface area contributed by atoms with E-state index >= 15 is 0 Å². The second-order valence-electron chi connectivity index (χ2n) is 5.44. The topological polar surface area (TPSA) is 84.3 Å². The molecule has 7 nitrogen and oxygen atoms in total. The zero-order chi connectivity index (χ0) is 18.4. The fourth-order valence-electron chi connectivity index (χ4n) is 1.94. The van der Waals surface area contributed by atoms with Gasteiger partial charge in [-0.2, -0.15) is 5.10 Å². The minimum Gasteiger partial charge on any atom is -0.345 e. The normalized spacial score (nSPS) is 9.72. The molecule has 7 heteroatoms. The third-order valence-corrected chi connectivity index (χ3v) is 3.30. The van der Waals surface area contributed by atoms with Crippen molar-refractivity contribution in [3.63, 3.8) is 0 Å². The summed E-state index contributed by atoms with van der Waals surface area (Å²) in [6.07, 6.45) is 0. The van der Waals surface area contributed by atoms with Gasteiger partial charge in [0.25, 0.3) is 17.4 Å². The third-order valence-electron chi connectivity index (χ3n) is 3.30. The first-order valence-corrected chi connectivity index (χ1v) is 7.51. The lowest BCUT2D eigenvalue weighted by Crippen LogP contribution is -2.28. The maximum absolute atomic E-state index is 11.9. The molecule has 2 amide bonds. The number of nitrogens with one attached hydrogen (secondary N) is 1. The van der Waals surface area contributed by atoms with E-state index in [1.807, 2.05) is 0 Å². The van der Waals surface area contributed by atoms with Gasteiger partial charge >= 0.3 is 0 Å². The summed E-state index contributed by atoms with van der Waals surface area (Å²) in [6.45, 7) is 0.141. The van der Waals surface area contributed by atoms with Gasteiger partial charge < -0.3 is 10.2 Å². The van der Waals surface area contributed by atoms with Gasteiger partial charge in [-0.05, 0) is 30.3 Å². The summed E-state index contributed by atoms with van der Waals surface area (Å²) in [7, 11) is 4.86. The number of carbonyl (C=O) groups is 2. The summed E-state index contributed by atoms with van der Waals surface area (Å²) in [6, 6.07) is 9.56. The zero-order valence-electron chi connectivity index (χ0n) is 14.2. The Hall–Kier alpha value is -3.40. The highest BCUT2D eigenvalue weighted by Gasteiger charge is 2.07. The Morgan fingerprint density at radius 3 is 2.44 bits per heavy atom.